The SMILES string of the molecule is CC(=O)Oc1c(OC(C)=O)c2cccc(O)c2oc1=O. The van der Waals surface area contributed by atoms with Crippen molar-refractivity contribution in [2.75, 3.05) is 0 Å². The zero-order valence-electron chi connectivity index (χ0n) is 10.6. The lowest BCUT2D eigenvalue weighted by molar-refractivity contribution is -0.134. The Labute approximate surface area is 112 Å². The first-order valence-electron chi connectivity index (χ1n) is 5.55. The Balaban J connectivity index is 2.83. The number of ether oxygens (including phenoxy) is 2. The summed E-state index contributed by atoms with van der Waals surface area (Å²) in [6.45, 7) is 2.21. The molecular formula is C13H10O7. The van der Waals surface area contributed by atoms with Crippen LogP contribution in [0.5, 0.6) is 17.2 Å². The van der Waals surface area contributed by atoms with Crippen molar-refractivity contribution in [3.63, 3.8) is 0 Å². The standard InChI is InChI=1S/C13H10O7/c1-6(14)18-11-8-4-3-5-9(16)10(8)20-13(17)12(11)19-7(2)15/h3-5,16H,1-2H3. The summed E-state index contributed by atoms with van der Waals surface area (Å²) in [6, 6.07) is 4.21. The molecule has 7 heteroatoms. The van der Waals surface area contributed by atoms with Gasteiger partial charge in [-0.1, -0.05) is 6.07 Å². The maximum Gasteiger partial charge on any atom is 0.383 e. The molecule has 0 bridgehead atoms. The molecule has 1 N–H and O–H groups in total. The normalized spacial score (nSPS) is 10.3. The number of esters is 2. The van der Waals surface area contributed by atoms with Crippen molar-refractivity contribution in [2.45, 2.75) is 13.8 Å². The second kappa shape index (κ2) is 5.04. The first-order chi connectivity index (χ1) is 9.40. The van der Waals surface area contributed by atoms with E-state index in [-0.39, 0.29) is 22.5 Å². The van der Waals surface area contributed by atoms with E-state index in [0.29, 0.717) is 0 Å². The predicted molar refractivity (Wildman–Crippen MR) is 66.8 cm³/mol. The highest BCUT2D eigenvalue weighted by atomic mass is 16.6. The van der Waals surface area contributed by atoms with Crippen LogP contribution < -0.4 is 15.1 Å². The molecule has 0 aliphatic rings. The van der Waals surface area contributed by atoms with Crippen LogP contribution in [0.25, 0.3) is 11.0 Å². The lowest BCUT2D eigenvalue weighted by Crippen LogP contribution is -2.14. The van der Waals surface area contributed by atoms with Gasteiger partial charge >= 0.3 is 17.6 Å². The zero-order chi connectivity index (χ0) is 14.9. The molecule has 0 aliphatic carbocycles. The summed E-state index contributed by atoms with van der Waals surface area (Å²) in [5, 5.41) is 9.78. The molecule has 2 rings (SSSR count). The predicted octanol–water partition coefficient (Wildman–Crippen LogP) is 1.35. The van der Waals surface area contributed by atoms with Gasteiger partial charge < -0.3 is 19.0 Å². The van der Waals surface area contributed by atoms with Gasteiger partial charge in [0.25, 0.3) is 5.75 Å². The minimum atomic E-state index is -1.04. The molecule has 0 fully saturated rings. The Kier molecular flexibility index (Phi) is 3.43. The van der Waals surface area contributed by atoms with Crippen LogP contribution in [0.3, 0.4) is 0 Å². The third-order valence-electron chi connectivity index (χ3n) is 2.32. The van der Waals surface area contributed by atoms with Crippen molar-refractivity contribution in [1.29, 1.82) is 0 Å². The monoisotopic (exact) mass is 278 g/mol. The number of para-hydroxylation sites is 1. The van der Waals surface area contributed by atoms with E-state index in [4.69, 9.17) is 13.9 Å². The van der Waals surface area contributed by atoms with Gasteiger partial charge in [0.1, 0.15) is 0 Å². The van der Waals surface area contributed by atoms with Crippen LogP contribution in [-0.4, -0.2) is 17.0 Å². The summed E-state index contributed by atoms with van der Waals surface area (Å²) >= 11 is 0. The van der Waals surface area contributed by atoms with Gasteiger partial charge in [-0.3, -0.25) is 9.59 Å². The number of hydrogen-bond donors (Lipinski definition) is 1. The Bertz CT molecular complexity index is 757. The fourth-order valence-corrected chi connectivity index (χ4v) is 1.64. The molecule has 1 aromatic carbocycles. The average Bonchev–Trinajstić information content (AvgIpc) is 2.34. The van der Waals surface area contributed by atoms with E-state index in [1.165, 1.54) is 18.2 Å². The van der Waals surface area contributed by atoms with Gasteiger partial charge in [0.15, 0.2) is 17.1 Å². The first kappa shape index (κ1) is 13.6. The molecule has 0 saturated carbocycles. The van der Waals surface area contributed by atoms with Crippen LogP contribution in [0.4, 0.5) is 0 Å². The molecule has 20 heavy (non-hydrogen) atoms. The largest absolute Gasteiger partial charge is 0.504 e. The molecule has 2 aromatic rings. The van der Waals surface area contributed by atoms with Crippen LogP contribution in [0.2, 0.25) is 0 Å². The maximum atomic E-state index is 11.8. The van der Waals surface area contributed by atoms with Gasteiger partial charge in [-0.15, -0.1) is 0 Å². The van der Waals surface area contributed by atoms with Gasteiger partial charge in [-0.25, -0.2) is 4.79 Å². The summed E-state index contributed by atoms with van der Waals surface area (Å²) in [5.41, 5.74) is -1.20. The molecule has 0 unspecified atom stereocenters. The number of aromatic hydroxyl groups is 1. The third-order valence-corrected chi connectivity index (χ3v) is 2.32. The van der Waals surface area contributed by atoms with Crippen LogP contribution in [0.1, 0.15) is 13.8 Å². The van der Waals surface area contributed by atoms with E-state index < -0.39 is 23.3 Å². The fraction of sp³-hybridized carbons (Fsp3) is 0.154. The van der Waals surface area contributed by atoms with E-state index >= 15 is 0 Å². The summed E-state index contributed by atoms with van der Waals surface area (Å²) in [6.07, 6.45) is 0. The number of carbonyl (C=O) groups is 2. The van der Waals surface area contributed by atoms with Crippen LogP contribution >= 0.6 is 0 Å². The molecule has 1 heterocycles. The van der Waals surface area contributed by atoms with Crippen molar-refractivity contribution in [3.8, 4) is 17.2 Å². The van der Waals surface area contributed by atoms with E-state index in [9.17, 15) is 19.5 Å². The van der Waals surface area contributed by atoms with E-state index in [0.717, 1.165) is 13.8 Å². The highest BCUT2D eigenvalue weighted by Crippen LogP contribution is 2.36. The van der Waals surface area contributed by atoms with Crippen molar-refractivity contribution in [1.82, 2.24) is 0 Å². The third kappa shape index (κ3) is 2.46. The minimum absolute atomic E-state index is 0.135. The summed E-state index contributed by atoms with van der Waals surface area (Å²) in [5.74, 6) is -2.60. The van der Waals surface area contributed by atoms with Crippen molar-refractivity contribution in [2.24, 2.45) is 0 Å². The average molecular weight is 278 g/mol. The Morgan fingerprint density at radius 1 is 1.10 bits per heavy atom. The Morgan fingerprint density at radius 3 is 2.30 bits per heavy atom. The molecule has 0 amide bonds. The topological polar surface area (TPSA) is 103 Å². The molecule has 1 aromatic heterocycles. The van der Waals surface area contributed by atoms with Gasteiger partial charge in [-0.05, 0) is 12.1 Å². The second-order valence-electron chi connectivity index (χ2n) is 3.89. The Hall–Kier alpha value is -2.83. The van der Waals surface area contributed by atoms with Gasteiger partial charge in [0.2, 0.25) is 0 Å². The molecule has 0 atom stereocenters. The molecule has 0 saturated heterocycles. The number of carbonyl (C=O) groups excluding carboxylic acids is 2. The lowest BCUT2D eigenvalue weighted by atomic mass is 10.2. The molecule has 7 nitrogen and oxygen atoms in total. The molecular weight excluding hydrogens is 268 g/mol. The summed E-state index contributed by atoms with van der Waals surface area (Å²) in [7, 11) is 0. The second-order valence-corrected chi connectivity index (χ2v) is 3.89. The van der Waals surface area contributed by atoms with E-state index in [2.05, 4.69) is 0 Å². The van der Waals surface area contributed by atoms with Crippen molar-refractivity contribution < 1.29 is 28.6 Å². The van der Waals surface area contributed by atoms with Gasteiger partial charge in [0.05, 0.1) is 5.39 Å². The molecule has 0 spiro atoms. The number of fused-ring (bicyclic) bond motifs is 1. The number of rotatable bonds is 2. The number of phenols is 1. The Morgan fingerprint density at radius 2 is 1.70 bits per heavy atom. The number of benzene rings is 1. The van der Waals surface area contributed by atoms with Crippen LogP contribution in [0, 0.1) is 0 Å². The van der Waals surface area contributed by atoms with Gasteiger partial charge in [-0.2, -0.15) is 0 Å². The van der Waals surface area contributed by atoms with Crippen LogP contribution in [0.15, 0.2) is 27.4 Å². The smallest absolute Gasteiger partial charge is 0.383 e. The van der Waals surface area contributed by atoms with Crippen molar-refractivity contribution >= 4 is 22.9 Å². The lowest BCUT2D eigenvalue weighted by Gasteiger charge is -2.10. The number of phenolic OH excluding ortho intramolecular Hbond substituents is 1. The highest BCUT2D eigenvalue weighted by Gasteiger charge is 2.22. The number of hydrogen-bond acceptors (Lipinski definition) is 7. The van der Waals surface area contributed by atoms with E-state index in [1.54, 1.807) is 0 Å². The molecule has 0 radical (unpaired) electrons. The van der Waals surface area contributed by atoms with E-state index in [1.807, 2.05) is 0 Å². The fourth-order valence-electron chi connectivity index (χ4n) is 1.64. The molecule has 0 aliphatic heterocycles. The maximum absolute atomic E-state index is 11.8. The quantitative estimate of drug-likeness (QED) is 0.653. The highest BCUT2D eigenvalue weighted by molar-refractivity contribution is 5.92. The van der Waals surface area contributed by atoms with Crippen LogP contribution in [-0.2, 0) is 9.59 Å². The summed E-state index contributed by atoms with van der Waals surface area (Å²) in [4.78, 5) is 33.9. The van der Waals surface area contributed by atoms with Gasteiger partial charge in [0, 0.05) is 13.8 Å². The first-order valence-corrected chi connectivity index (χ1v) is 5.55. The summed E-state index contributed by atoms with van der Waals surface area (Å²) < 4.78 is 14.5. The zero-order valence-corrected chi connectivity index (χ0v) is 10.6. The minimum Gasteiger partial charge on any atom is -0.504 e. The van der Waals surface area contributed by atoms with Crippen molar-refractivity contribution in [3.05, 3.63) is 28.6 Å². The molecule has 104 valence electrons.